The van der Waals surface area contributed by atoms with E-state index >= 15 is 0 Å². The molecule has 1 N–H and O–H groups in total. The van der Waals surface area contributed by atoms with Crippen molar-refractivity contribution in [3.63, 3.8) is 0 Å². The van der Waals surface area contributed by atoms with Gasteiger partial charge in [-0.2, -0.15) is 0 Å². The highest BCUT2D eigenvalue weighted by Gasteiger charge is 2.32. The van der Waals surface area contributed by atoms with Gasteiger partial charge in [-0.25, -0.2) is 4.98 Å². The maximum Gasteiger partial charge on any atom is 0.229 e. The van der Waals surface area contributed by atoms with Crippen molar-refractivity contribution in [3.8, 4) is 5.75 Å². The minimum atomic E-state index is 0.115. The topological polar surface area (TPSA) is 51.2 Å². The van der Waals surface area contributed by atoms with Gasteiger partial charge < -0.3 is 10.1 Å². The van der Waals surface area contributed by atoms with E-state index in [0.29, 0.717) is 17.2 Å². The summed E-state index contributed by atoms with van der Waals surface area (Å²) in [5.41, 5.74) is 1.24. The number of anilines is 1. The number of hydrogen-bond acceptors (Lipinski definition) is 4. The maximum atomic E-state index is 12.6. The van der Waals surface area contributed by atoms with Gasteiger partial charge in [0.05, 0.1) is 16.8 Å². The second kappa shape index (κ2) is 7.32. The van der Waals surface area contributed by atoms with Gasteiger partial charge in [0.15, 0.2) is 5.13 Å². The van der Waals surface area contributed by atoms with E-state index in [4.69, 9.17) is 4.74 Å². The highest BCUT2D eigenvalue weighted by Crippen LogP contribution is 2.40. The molecule has 5 heteroatoms. The molecule has 25 heavy (non-hydrogen) atoms. The van der Waals surface area contributed by atoms with Crippen LogP contribution in [0.15, 0.2) is 18.2 Å². The summed E-state index contributed by atoms with van der Waals surface area (Å²) in [6, 6.07) is 5.85. The zero-order chi connectivity index (χ0) is 18.0. The summed E-state index contributed by atoms with van der Waals surface area (Å²) in [5, 5.41) is 3.72. The Hall–Kier alpha value is -1.62. The van der Waals surface area contributed by atoms with Crippen LogP contribution in [0.2, 0.25) is 0 Å². The third kappa shape index (κ3) is 4.32. The third-order valence-electron chi connectivity index (χ3n) is 5.22. The van der Waals surface area contributed by atoms with Crippen molar-refractivity contribution >= 4 is 32.6 Å². The van der Waals surface area contributed by atoms with Gasteiger partial charge in [0, 0.05) is 5.92 Å². The molecule has 1 aliphatic rings. The van der Waals surface area contributed by atoms with Gasteiger partial charge in [0.25, 0.3) is 0 Å². The zero-order valence-electron chi connectivity index (χ0n) is 15.6. The molecule has 0 aliphatic heterocycles. The molecule has 1 fully saturated rings. The summed E-state index contributed by atoms with van der Waals surface area (Å²) in [6.45, 7) is 9.52. The normalized spacial score (nSPS) is 21.3. The first-order chi connectivity index (χ1) is 11.9. The van der Waals surface area contributed by atoms with Crippen molar-refractivity contribution < 1.29 is 9.53 Å². The van der Waals surface area contributed by atoms with E-state index < -0.39 is 0 Å². The second-order valence-electron chi connectivity index (χ2n) is 7.99. The van der Waals surface area contributed by atoms with Gasteiger partial charge >= 0.3 is 0 Å². The number of ether oxygens (including phenoxy) is 1. The van der Waals surface area contributed by atoms with Crippen molar-refractivity contribution in [2.45, 2.75) is 53.4 Å². The summed E-state index contributed by atoms with van der Waals surface area (Å²) >= 11 is 1.51. The Balaban J connectivity index is 1.62. The van der Waals surface area contributed by atoms with Crippen molar-refractivity contribution in [2.75, 3.05) is 11.9 Å². The number of thiazole rings is 1. The zero-order valence-corrected chi connectivity index (χ0v) is 16.4. The van der Waals surface area contributed by atoms with E-state index in [0.717, 1.165) is 47.6 Å². The molecule has 3 rings (SSSR count). The molecule has 1 saturated carbocycles. The minimum absolute atomic E-state index is 0.115. The lowest BCUT2D eigenvalue weighted by Crippen LogP contribution is -2.31. The van der Waals surface area contributed by atoms with E-state index in [-0.39, 0.29) is 11.8 Å². The van der Waals surface area contributed by atoms with Crippen molar-refractivity contribution in [1.82, 2.24) is 4.98 Å². The fraction of sp³-hybridized carbons (Fsp3) is 0.600. The lowest BCUT2D eigenvalue weighted by molar-refractivity contribution is -0.121. The molecule has 2 aromatic rings. The molecule has 0 saturated heterocycles. The van der Waals surface area contributed by atoms with E-state index in [1.807, 2.05) is 25.1 Å². The number of rotatable bonds is 4. The van der Waals surface area contributed by atoms with Crippen LogP contribution in [-0.2, 0) is 4.79 Å². The van der Waals surface area contributed by atoms with Crippen LogP contribution in [0, 0.1) is 17.3 Å². The first-order valence-electron chi connectivity index (χ1n) is 9.21. The summed E-state index contributed by atoms with van der Waals surface area (Å²) in [6.07, 6.45) is 4.23. The Morgan fingerprint density at radius 3 is 2.64 bits per heavy atom. The van der Waals surface area contributed by atoms with Gasteiger partial charge in [-0.1, -0.05) is 32.1 Å². The van der Waals surface area contributed by atoms with Gasteiger partial charge in [0.2, 0.25) is 5.91 Å². The van der Waals surface area contributed by atoms with E-state index in [1.54, 1.807) is 0 Å². The molecule has 0 spiro atoms. The quantitative estimate of drug-likeness (QED) is 0.785. The lowest BCUT2D eigenvalue weighted by atomic mass is 9.70. The van der Waals surface area contributed by atoms with E-state index in [9.17, 15) is 4.79 Å². The van der Waals surface area contributed by atoms with Gasteiger partial charge in [-0.15, -0.1) is 0 Å². The molecule has 136 valence electrons. The number of fused-ring (bicyclic) bond motifs is 1. The van der Waals surface area contributed by atoms with Gasteiger partial charge in [0.1, 0.15) is 5.75 Å². The highest BCUT2D eigenvalue weighted by atomic mass is 32.1. The number of benzene rings is 1. The molecule has 0 unspecified atom stereocenters. The van der Waals surface area contributed by atoms with E-state index in [1.165, 1.54) is 11.3 Å². The molecule has 1 aromatic heterocycles. The molecular formula is C20H28N2O2S. The molecule has 4 nitrogen and oxygen atoms in total. The van der Waals surface area contributed by atoms with Crippen LogP contribution in [0.5, 0.6) is 5.75 Å². The Labute approximate surface area is 154 Å². The molecular weight excluding hydrogens is 332 g/mol. The summed E-state index contributed by atoms with van der Waals surface area (Å²) in [5.74, 6) is 1.80. The second-order valence-corrected chi connectivity index (χ2v) is 9.02. The van der Waals surface area contributed by atoms with Crippen molar-refractivity contribution in [3.05, 3.63) is 18.2 Å². The number of hydrogen-bond donors (Lipinski definition) is 1. The van der Waals surface area contributed by atoms with E-state index in [2.05, 4.69) is 31.1 Å². The van der Waals surface area contributed by atoms with Crippen molar-refractivity contribution in [1.29, 1.82) is 0 Å². The predicted octanol–water partition coefficient (Wildman–Crippen LogP) is 5.49. The van der Waals surface area contributed by atoms with Crippen LogP contribution >= 0.6 is 11.3 Å². The molecule has 0 radical (unpaired) electrons. The monoisotopic (exact) mass is 360 g/mol. The fourth-order valence-electron chi connectivity index (χ4n) is 3.64. The Morgan fingerprint density at radius 2 is 2.00 bits per heavy atom. The highest BCUT2D eigenvalue weighted by molar-refractivity contribution is 7.22. The fourth-order valence-corrected chi connectivity index (χ4v) is 4.54. The average molecular weight is 361 g/mol. The largest absolute Gasteiger partial charge is 0.494 e. The lowest BCUT2D eigenvalue weighted by Gasteiger charge is -2.36. The Bertz CT molecular complexity index is 740. The molecule has 0 bridgehead atoms. The number of nitrogens with zero attached hydrogens (tertiary/aromatic N) is 1. The summed E-state index contributed by atoms with van der Waals surface area (Å²) in [4.78, 5) is 17.1. The smallest absolute Gasteiger partial charge is 0.229 e. The third-order valence-corrected chi connectivity index (χ3v) is 6.16. The SMILES string of the molecule is CCOc1ccc2nc(NC(=O)C3CCC(C(C)(C)C)CC3)sc2c1. The average Bonchev–Trinajstić information content (AvgIpc) is 2.96. The van der Waals surface area contributed by atoms with Crippen LogP contribution < -0.4 is 10.1 Å². The number of amides is 1. The Kier molecular flexibility index (Phi) is 5.32. The molecule has 1 aromatic carbocycles. The van der Waals surface area contributed by atoms with Gasteiger partial charge in [-0.05, 0) is 62.1 Å². The molecule has 1 amide bonds. The molecule has 0 atom stereocenters. The predicted molar refractivity (Wildman–Crippen MR) is 104 cm³/mol. The minimum Gasteiger partial charge on any atom is -0.494 e. The summed E-state index contributed by atoms with van der Waals surface area (Å²) in [7, 11) is 0. The molecule has 1 heterocycles. The maximum absolute atomic E-state index is 12.6. The number of aromatic nitrogens is 1. The van der Waals surface area contributed by atoms with Crippen LogP contribution in [0.1, 0.15) is 53.4 Å². The van der Waals surface area contributed by atoms with Crippen LogP contribution in [0.4, 0.5) is 5.13 Å². The first kappa shape index (κ1) is 18.2. The van der Waals surface area contributed by atoms with Crippen LogP contribution in [-0.4, -0.2) is 17.5 Å². The van der Waals surface area contributed by atoms with Crippen molar-refractivity contribution in [2.24, 2.45) is 17.3 Å². The Morgan fingerprint density at radius 1 is 1.28 bits per heavy atom. The molecule has 1 aliphatic carbocycles. The number of carbonyl (C=O) groups excluding carboxylic acids is 1. The van der Waals surface area contributed by atoms with Gasteiger partial charge in [-0.3, -0.25) is 4.79 Å². The first-order valence-corrected chi connectivity index (χ1v) is 10.0. The summed E-state index contributed by atoms with van der Waals surface area (Å²) < 4.78 is 6.57. The van der Waals surface area contributed by atoms with Crippen LogP contribution in [0.3, 0.4) is 0 Å². The number of carbonyl (C=O) groups is 1. The van der Waals surface area contributed by atoms with Crippen LogP contribution in [0.25, 0.3) is 10.2 Å². The standard InChI is InChI=1S/C20H28N2O2S/c1-5-24-15-10-11-16-17(12-15)25-19(21-16)22-18(23)13-6-8-14(9-7-13)20(2,3)4/h10-14H,5-9H2,1-4H3,(H,21,22,23). The number of nitrogens with one attached hydrogen (secondary N) is 1.